The number of para-hydroxylation sites is 1. The zero-order valence-electron chi connectivity index (χ0n) is 12.7. The van der Waals surface area contributed by atoms with Crippen molar-refractivity contribution in [3.05, 3.63) is 54.4 Å². The monoisotopic (exact) mass is 309 g/mol. The van der Waals surface area contributed by atoms with E-state index < -0.39 is 0 Å². The van der Waals surface area contributed by atoms with Crippen molar-refractivity contribution in [2.45, 2.75) is 0 Å². The number of methoxy groups -OCH3 is 1. The summed E-state index contributed by atoms with van der Waals surface area (Å²) in [6, 6.07) is 12.3. The molecule has 3 aromatic rings. The van der Waals surface area contributed by atoms with Crippen LogP contribution in [0.25, 0.3) is 11.5 Å². The lowest BCUT2D eigenvalue weighted by Crippen LogP contribution is -2.14. The van der Waals surface area contributed by atoms with Crippen molar-refractivity contribution in [3.63, 3.8) is 0 Å². The van der Waals surface area contributed by atoms with Crippen LogP contribution in [0.4, 0.5) is 5.82 Å². The van der Waals surface area contributed by atoms with Gasteiger partial charge in [0, 0.05) is 7.05 Å². The van der Waals surface area contributed by atoms with Gasteiger partial charge in [0.1, 0.15) is 23.6 Å². The van der Waals surface area contributed by atoms with E-state index in [1.807, 2.05) is 19.2 Å². The molecule has 0 aliphatic rings. The van der Waals surface area contributed by atoms with Crippen LogP contribution in [0, 0.1) is 0 Å². The molecule has 0 aliphatic carbocycles. The van der Waals surface area contributed by atoms with Gasteiger partial charge in [0.15, 0.2) is 5.82 Å². The van der Waals surface area contributed by atoms with E-state index in [9.17, 15) is 4.79 Å². The van der Waals surface area contributed by atoms with Gasteiger partial charge >= 0.3 is 0 Å². The van der Waals surface area contributed by atoms with E-state index in [0.717, 1.165) is 0 Å². The second-order valence-corrected chi connectivity index (χ2v) is 4.83. The standard InChI is InChI=1S/C16H15N5O2/c1-21-10-17-20-15(21)12-7-5-9-14(18-12)19-16(22)11-6-3-4-8-13(11)23-2/h3-10H,1-2H3,(H,18,19,22). The normalized spacial score (nSPS) is 10.3. The number of aryl methyl sites for hydroxylation is 1. The average Bonchev–Trinajstić information content (AvgIpc) is 3.01. The second-order valence-electron chi connectivity index (χ2n) is 4.83. The predicted molar refractivity (Wildman–Crippen MR) is 85.2 cm³/mol. The van der Waals surface area contributed by atoms with Crippen LogP contribution in [-0.2, 0) is 7.05 Å². The van der Waals surface area contributed by atoms with Gasteiger partial charge in [-0.25, -0.2) is 4.98 Å². The summed E-state index contributed by atoms with van der Waals surface area (Å²) in [4.78, 5) is 16.8. The van der Waals surface area contributed by atoms with E-state index in [1.165, 1.54) is 7.11 Å². The fraction of sp³-hybridized carbons (Fsp3) is 0.125. The Labute approximate surface area is 133 Å². The zero-order valence-corrected chi connectivity index (χ0v) is 12.7. The van der Waals surface area contributed by atoms with Gasteiger partial charge in [0.05, 0.1) is 12.7 Å². The zero-order chi connectivity index (χ0) is 16.2. The molecule has 0 saturated carbocycles. The molecule has 3 rings (SSSR count). The molecular weight excluding hydrogens is 294 g/mol. The van der Waals surface area contributed by atoms with Crippen LogP contribution in [0.3, 0.4) is 0 Å². The van der Waals surface area contributed by atoms with E-state index >= 15 is 0 Å². The Morgan fingerprint density at radius 2 is 2.00 bits per heavy atom. The molecule has 2 heterocycles. The highest BCUT2D eigenvalue weighted by molar-refractivity contribution is 6.05. The lowest BCUT2D eigenvalue weighted by Gasteiger charge is -2.09. The van der Waals surface area contributed by atoms with Gasteiger partial charge in [-0.1, -0.05) is 18.2 Å². The fourth-order valence-electron chi connectivity index (χ4n) is 2.16. The van der Waals surface area contributed by atoms with E-state index in [1.54, 1.807) is 41.2 Å². The number of nitrogens with one attached hydrogen (secondary N) is 1. The average molecular weight is 309 g/mol. The molecule has 1 amide bonds. The van der Waals surface area contributed by atoms with Crippen molar-refractivity contribution in [1.82, 2.24) is 19.7 Å². The first-order valence-electron chi connectivity index (χ1n) is 6.95. The molecule has 7 heteroatoms. The van der Waals surface area contributed by atoms with Gasteiger partial charge < -0.3 is 14.6 Å². The number of carbonyl (C=O) groups is 1. The molecule has 0 atom stereocenters. The molecule has 0 bridgehead atoms. The van der Waals surface area contributed by atoms with Crippen LogP contribution in [0.1, 0.15) is 10.4 Å². The first-order valence-corrected chi connectivity index (χ1v) is 6.95. The third-order valence-electron chi connectivity index (χ3n) is 3.28. The number of pyridine rings is 1. The number of hydrogen-bond donors (Lipinski definition) is 1. The van der Waals surface area contributed by atoms with Crippen LogP contribution < -0.4 is 10.1 Å². The Balaban J connectivity index is 1.86. The highest BCUT2D eigenvalue weighted by atomic mass is 16.5. The number of rotatable bonds is 4. The first-order chi connectivity index (χ1) is 11.2. The smallest absolute Gasteiger partial charge is 0.260 e. The second kappa shape index (κ2) is 6.27. The minimum atomic E-state index is -0.287. The van der Waals surface area contributed by atoms with Crippen LogP contribution in [0.5, 0.6) is 5.75 Å². The third-order valence-corrected chi connectivity index (χ3v) is 3.28. The van der Waals surface area contributed by atoms with Crippen molar-refractivity contribution in [2.24, 2.45) is 7.05 Å². The maximum atomic E-state index is 12.4. The Hall–Kier alpha value is -3.22. The number of amides is 1. The van der Waals surface area contributed by atoms with Gasteiger partial charge in [-0.15, -0.1) is 10.2 Å². The SMILES string of the molecule is COc1ccccc1C(=O)Nc1cccc(-c2nncn2C)n1. The maximum Gasteiger partial charge on any atom is 0.260 e. The molecule has 0 saturated heterocycles. The number of benzene rings is 1. The molecular formula is C16H15N5O2. The van der Waals surface area contributed by atoms with Gasteiger partial charge in [-0.05, 0) is 24.3 Å². The summed E-state index contributed by atoms with van der Waals surface area (Å²) in [5.74, 6) is 1.28. The molecule has 0 aliphatic heterocycles. The molecule has 0 fully saturated rings. The van der Waals surface area contributed by atoms with E-state index in [0.29, 0.717) is 28.6 Å². The summed E-state index contributed by atoms with van der Waals surface area (Å²) in [5, 5.41) is 10.6. The van der Waals surface area contributed by atoms with Crippen molar-refractivity contribution in [1.29, 1.82) is 0 Å². The van der Waals surface area contributed by atoms with Crippen molar-refractivity contribution in [2.75, 3.05) is 12.4 Å². The summed E-state index contributed by atoms with van der Waals surface area (Å²) in [7, 11) is 3.36. The topological polar surface area (TPSA) is 81.9 Å². The summed E-state index contributed by atoms with van der Waals surface area (Å²) in [5.41, 5.74) is 1.07. The van der Waals surface area contributed by atoms with E-state index in [2.05, 4.69) is 20.5 Å². The Bertz CT molecular complexity index is 844. The number of hydrogen-bond acceptors (Lipinski definition) is 5. The molecule has 0 unspecified atom stereocenters. The number of aromatic nitrogens is 4. The Morgan fingerprint density at radius 3 is 2.74 bits per heavy atom. The summed E-state index contributed by atoms with van der Waals surface area (Å²) < 4.78 is 6.96. The van der Waals surface area contributed by atoms with Crippen LogP contribution in [0.15, 0.2) is 48.8 Å². The van der Waals surface area contributed by atoms with Gasteiger partial charge in [0.2, 0.25) is 0 Å². The van der Waals surface area contributed by atoms with E-state index in [4.69, 9.17) is 4.74 Å². The van der Waals surface area contributed by atoms with Gasteiger partial charge in [0.25, 0.3) is 5.91 Å². The van der Waals surface area contributed by atoms with Crippen LogP contribution in [0.2, 0.25) is 0 Å². The molecule has 1 N–H and O–H groups in total. The Kier molecular flexibility index (Phi) is 4.01. The first kappa shape index (κ1) is 14.7. The number of carbonyl (C=O) groups excluding carboxylic acids is 1. The van der Waals surface area contributed by atoms with Crippen molar-refractivity contribution < 1.29 is 9.53 Å². The van der Waals surface area contributed by atoms with Crippen molar-refractivity contribution >= 4 is 11.7 Å². The molecule has 23 heavy (non-hydrogen) atoms. The lowest BCUT2D eigenvalue weighted by atomic mass is 10.2. The third kappa shape index (κ3) is 3.03. The summed E-state index contributed by atoms with van der Waals surface area (Å²) in [6.45, 7) is 0. The van der Waals surface area contributed by atoms with E-state index in [-0.39, 0.29) is 5.91 Å². The quantitative estimate of drug-likeness (QED) is 0.798. The van der Waals surface area contributed by atoms with Crippen LogP contribution >= 0.6 is 0 Å². The maximum absolute atomic E-state index is 12.4. The molecule has 7 nitrogen and oxygen atoms in total. The molecule has 1 aromatic carbocycles. The number of nitrogens with zero attached hydrogens (tertiary/aromatic N) is 4. The Morgan fingerprint density at radius 1 is 1.17 bits per heavy atom. The lowest BCUT2D eigenvalue weighted by molar-refractivity contribution is 0.102. The highest BCUT2D eigenvalue weighted by Crippen LogP contribution is 2.20. The fourth-order valence-corrected chi connectivity index (χ4v) is 2.16. The number of ether oxygens (including phenoxy) is 1. The molecule has 0 radical (unpaired) electrons. The molecule has 116 valence electrons. The van der Waals surface area contributed by atoms with Crippen LogP contribution in [-0.4, -0.2) is 32.8 Å². The predicted octanol–water partition coefficient (Wildman–Crippen LogP) is 2.14. The summed E-state index contributed by atoms with van der Waals surface area (Å²) >= 11 is 0. The minimum Gasteiger partial charge on any atom is -0.496 e. The molecule has 2 aromatic heterocycles. The van der Waals surface area contributed by atoms with Crippen molar-refractivity contribution in [3.8, 4) is 17.3 Å². The highest BCUT2D eigenvalue weighted by Gasteiger charge is 2.13. The van der Waals surface area contributed by atoms with Gasteiger partial charge in [-0.2, -0.15) is 0 Å². The number of anilines is 1. The largest absolute Gasteiger partial charge is 0.496 e. The summed E-state index contributed by atoms with van der Waals surface area (Å²) in [6.07, 6.45) is 1.59. The van der Waals surface area contributed by atoms with Gasteiger partial charge in [-0.3, -0.25) is 4.79 Å². The molecule has 0 spiro atoms. The minimum absolute atomic E-state index is 0.287.